The van der Waals surface area contributed by atoms with Crippen LogP contribution in [0.5, 0.6) is 0 Å². The lowest BCUT2D eigenvalue weighted by molar-refractivity contribution is 0.295. The summed E-state index contributed by atoms with van der Waals surface area (Å²) in [4.78, 5) is 2.34. The topological polar surface area (TPSA) is 27.0 Å². The highest BCUT2D eigenvalue weighted by atomic mass is 15.1. The van der Waals surface area contributed by atoms with Crippen LogP contribution in [0.15, 0.2) is 0 Å². The molecule has 0 spiro atoms. The highest BCUT2D eigenvalue weighted by Crippen LogP contribution is 2.34. The quantitative estimate of drug-likeness (QED) is 0.652. The Morgan fingerprint density at radius 1 is 1.38 bits per heavy atom. The van der Waals surface area contributed by atoms with Crippen molar-refractivity contribution in [1.29, 1.82) is 5.26 Å². The van der Waals surface area contributed by atoms with Crippen molar-refractivity contribution in [3.63, 3.8) is 0 Å². The molecule has 1 fully saturated rings. The number of nitriles is 1. The predicted molar refractivity (Wildman–Crippen MR) is 54.3 cm³/mol. The highest BCUT2D eigenvalue weighted by molar-refractivity contribution is 5.00. The van der Waals surface area contributed by atoms with Crippen LogP contribution in [0.1, 0.15) is 39.0 Å². The monoisotopic (exact) mass is 180 g/mol. The third kappa shape index (κ3) is 2.70. The minimum Gasteiger partial charge on any atom is -0.306 e. The Hall–Kier alpha value is -0.550. The van der Waals surface area contributed by atoms with Gasteiger partial charge in [-0.3, -0.25) is 0 Å². The molecule has 1 aliphatic heterocycles. The number of hydrogen-bond donors (Lipinski definition) is 0. The summed E-state index contributed by atoms with van der Waals surface area (Å²) in [6, 6.07) is 2.55. The molecule has 74 valence electrons. The van der Waals surface area contributed by atoms with Crippen LogP contribution in [-0.4, -0.2) is 25.0 Å². The molecule has 1 unspecified atom stereocenters. The van der Waals surface area contributed by atoms with Gasteiger partial charge in [0.15, 0.2) is 0 Å². The van der Waals surface area contributed by atoms with E-state index >= 15 is 0 Å². The minimum atomic E-state index is -0.000486. The summed E-state index contributed by atoms with van der Waals surface area (Å²) in [6.45, 7) is 4.42. The summed E-state index contributed by atoms with van der Waals surface area (Å²) in [5.74, 6) is 0. The lowest BCUT2D eigenvalue weighted by atomic mass is 9.78. The number of hydrogen-bond acceptors (Lipinski definition) is 2. The average Bonchev–Trinajstić information content (AvgIpc) is 2.30. The van der Waals surface area contributed by atoms with Gasteiger partial charge in [-0.05, 0) is 45.8 Å². The van der Waals surface area contributed by atoms with E-state index in [2.05, 4.69) is 24.9 Å². The van der Waals surface area contributed by atoms with Crippen LogP contribution < -0.4 is 0 Å². The van der Waals surface area contributed by atoms with Crippen LogP contribution in [0.3, 0.4) is 0 Å². The van der Waals surface area contributed by atoms with Crippen molar-refractivity contribution < 1.29 is 0 Å². The fourth-order valence-electron chi connectivity index (χ4n) is 2.23. The summed E-state index contributed by atoms with van der Waals surface area (Å²) in [7, 11) is 2.15. The maximum atomic E-state index is 9.22. The fraction of sp³-hybridized carbons (Fsp3) is 0.909. The maximum Gasteiger partial charge on any atom is 0.0690 e. The van der Waals surface area contributed by atoms with Gasteiger partial charge in [-0.25, -0.2) is 0 Å². The average molecular weight is 180 g/mol. The van der Waals surface area contributed by atoms with Crippen LogP contribution in [-0.2, 0) is 0 Å². The van der Waals surface area contributed by atoms with E-state index in [1.165, 1.54) is 6.42 Å². The first-order chi connectivity index (χ1) is 6.22. The van der Waals surface area contributed by atoms with Crippen LogP contribution in [0.2, 0.25) is 0 Å². The standard InChI is InChI=1S/C11H20N2/c1-3-5-11(10-12)6-4-8-13(2)9-7-11/h3-9H2,1-2H3. The third-order valence-electron chi connectivity index (χ3n) is 3.13. The Balaban J connectivity index is 2.60. The molecule has 13 heavy (non-hydrogen) atoms. The molecule has 2 heteroatoms. The highest BCUT2D eigenvalue weighted by Gasteiger charge is 2.30. The molecule has 0 saturated carbocycles. The van der Waals surface area contributed by atoms with Gasteiger partial charge in [-0.1, -0.05) is 13.3 Å². The van der Waals surface area contributed by atoms with E-state index in [9.17, 15) is 5.26 Å². The predicted octanol–water partition coefficient (Wildman–Crippen LogP) is 2.41. The lowest BCUT2D eigenvalue weighted by Crippen LogP contribution is -2.22. The van der Waals surface area contributed by atoms with Crippen molar-refractivity contribution in [2.45, 2.75) is 39.0 Å². The van der Waals surface area contributed by atoms with Gasteiger partial charge in [0, 0.05) is 0 Å². The Bertz CT molecular complexity index is 195. The van der Waals surface area contributed by atoms with E-state index in [0.717, 1.165) is 38.8 Å². The van der Waals surface area contributed by atoms with E-state index in [1.54, 1.807) is 0 Å². The first kappa shape index (κ1) is 10.5. The van der Waals surface area contributed by atoms with Crippen LogP contribution in [0.4, 0.5) is 0 Å². The van der Waals surface area contributed by atoms with Crippen molar-refractivity contribution in [3.05, 3.63) is 0 Å². The van der Waals surface area contributed by atoms with Crippen molar-refractivity contribution in [1.82, 2.24) is 4.90 Å². The number of rotatable bonds is 2. The molecule has 1 saturated heterocycles. The molecule has 0 N–H and O–H groups in total. The molecule has 0 radical (unpaired) electrons. The fourth-order valence-corrected chi connectivity index (χ4v) is 2.23. The summed E-state index contributed by atoms with van der Waals surface area (Å²) >= 11 is 0. The first-order valence-electron chi connectivity index (χ1n) is 5.32. The second-order valence-corrected chi connectivity index (χ2v) is 4.30. The van der Waals surface area contributed by atoms with Gasteiger partial charge < -0.3 is 4.90 Å². The van der Waals surface area contributed by atoms with E-state index in [0.29, 0.717) is 0 Å². The molecule has 1 rings (SSSR count). The Kier molecular flexibility index (Phi) is 3.74. The van der Waals surface area contributed by atoms with Gasteiger partial charge >= 0.3 is 0 Å². The Morgan fingerprint density at radius 2 is 2.15 bits per heavy atom. The zero-order valence-electron chi connectivity index (χ0n) is 8.84. The molecule has 1 atom stereocenters. The second-order valence-electron chi connectivity index (χ2n) is 4.30. The molecule has 2 nitrogen and oxygen atoms in total. The zero-order chi connectivity index (χ0) is 9.73. The van der Waals surface area contributed by atoms with Crippen molar-refractivity contribution >= 4 is 0 Å². The molecule has 0 aromatic heterocycles. The molecule has 0 aliphatic carbocycles. The summed E-state index contributed by atoms with van der Waals surface area (Å²) in [5, 5.41) is 9.22. The normalized spacial score (nSPS) is 30.8. The van der Waals surface area contributed by atoms with Crippen molar-refractivity contribution in [3.8, 4) is 6.07 Å². The van der Waals surface area contributed by atoms with E-state index < -0.39 is 0 Å². The van der Waals surface area contributed by atoms with Gasteiger partial charge in [0.25, 0.3) is 0 Å². The smallest absolute Gasteiger partial charge is 0.0690 e. The molecule has 1 aliphatic rings. The molecular weight excluding hydrogens is 160 g/mol. The van der Waals surface area contributed by atoms with Gasteiger partial charge in [-0.15, -0.1) is 0 Å². The van der Waals surface area contributed by atoms with Crippen molar-refractivity contribution in [2.75, 3.05) is 20.1 Å². The molecule has 0 aromatic carbocycles. The zero-order valence-corrected chi connectivity index (χ0v) is 8.84. The molecule has 0 aromatic rings. The minimum absolute atomic E-state index is 0.000486. The second kappa shape index (κ2) is 4.62. The Labute approximate surface area is 81.5 Å². The van der Waals surface area contributed by atoms with E-state index in [4.69, 9.17) is 0 Å². The van der Waals surface area contributed by atoms with Crippen LogP contribution >= 0.6 is 0 Å². The number of nitrogens with zero attached hydrogens (tertiary/aromatic N) is 2. The Morgan fingerprint density at radius 3 is 2.77 bits per heavy atom. The summed E-state index contributed by atoms with van der Waals surface area (Å²) in [5.41, 5.74) is -0.000486. The van der Waals surface area contributed by atoms with E-state index in [1.807, 2.05) is 0 Å². The summed E-state index contributed by atoms with van der Waals surface area (Å²) < 4.78 is 0. The van der Waals surface area contributed by atoms with Gasteiger partial charge in [-0.2, -0.15) is 5.26 Å². The van der Waals surface area contributed by atoms with Gasteiger partial charge in [0.2, 0.25) is 0 Å². The van der Waals surface area contributed by atoms with Crippen LogP contribution in [0, 0.1) is 16.7 Å². The summed E-state index contributed by atoms with van der Waals surface area (Å²) in [6.07, 6.45) is 5.56. The van der Waals surface area contributed by atoms with Gasteiger partial charge in [0.1, 0.15) is 0 Å². The van der Waals surface area contributed by atoms with Crippen molar-refractivity contribution in [2.24, 2.45) is 5.41 Å². The van der Waals surface area contributed by atoms with Crippen LogP contribution in [0.25, 0.3) is 0 Å². The van der Waals surface area contributed by atoms with E-state index in [-0.39, 0.29) is 5.41 Å². The number of likely N-dealkylation sites (tertiary alicyclic amines) is 1. The maximum absolute atomic E-state index is 9.22. The molecule has 0 amide bonds. The SMILES string of the molecule is CCCC1(C#N)CCCN(C)CC1. The molecular formula is C11H20N2. The molecule has 0 bridgehead atoms. The molecule has 1 heterocycles. The third-order valence-corrected chi connectivity index (χ3v) is 3.13. The lowest BCUT2D eigenvalue weighted by Gasteiger charge is -2.23. The largest absolute Gasteiger partial charge is 0.306 e. The first-order valence-corrected chi connectivity index (χ1v) is 5.32. The van der Waals surface area contributed by atoms with Gasteiger partial charge in [0.05, 0.1) is 11.5 Å².